The molecule has 1 fully saturated rings. The summed E-state index contributed by atoms with van der Waals surface area (Å²) in [6.07, 6.45) is 4.57. The standard InChI is InChI=1S/C32H36N6O.CH2O/c1-22-7-4-9-25(19-22)32(15-16-32)30(39)36-26-13-11-24(12-14-26)28-21-35-31(37-27-10-5-8-23(2)20-27)38-29(28)34-18-6-17-33-3;1-2/h4-5,7-14,19-21,33H,6,15-18H2,1-3H3,(H,36,39)(H2,34,35,37,38);1H2. The van der Waals surface area contributed by atoms with Gasteiger partial charge in [-0.1, -0.05) is 54.1 Å². The highest BCUT2D eigenvalue weighted by Gasteiger charge is 2.51. The van der Waals surface area contributed by atoms with E-state index in [0.717, 1.165) is 66.2 Å². The number of hydrogen-bond acceptors (Lipinski definition) is 7. The highest BCUT2D eigenvalue weighted by Crippen LogP contribution is 2.49. The molecular formula is C33H38N6O2. The number of nitrogens with one attached hydrogen (secondary N) is 4. The monoisotopic (exact) mass is 550 g/mol. The minimum absolute atomic E-state index is 0.0580. The molecule has 1 heterocycles. The van der Waals surface area contributed by atoms with Crippen molar-refractivity contribution >= 4 is 35.8 Å². The maximum atomic E-state index is 13.2. The van der Waals surface area contributed by atoms with Crippen LogP contribution < -0.4 is 21.3 Å². The van der Waals surface area contributed by atoms with Gasteiger partial charge in [0.2, 0.25) is 11.9 Å². The van der Waals surface area contributed by atoms with Gasteiger partial charge in [-0.3, -0.25) is 4.79 Å². The summed E-state index contributed by atoms with van der Waals surface area (Å²) < 4.78 is 0. The summed E-state index contributed by atoms with van der Waals surface area (Å²) in [7, 11) is 1.95. The summed E-state index contributed by atoms with van der Waals surface area (Å²) in [6.45, 7) is 7.82. The largest absolute Gasteiger partial charge is 0.369 e. The molecule has 8 nitrogen and oxygen atoms in total. The summed E-state index contributed by atoms with van der Waals surface area (Å²) in [4.78, 5) is 30.6. The minimum Gasteiger partial charge on any atom is -0.369 e. The third kappa shape index (κ3) is 7.35. The molecule has 1 aliphatic carbocycles. The molecule has 0 atom stereocenters. The Morgan fingerprint density at radius 1 is 0.902 bits per heavy atom. The summed E-state index contributed by atoms with van der Waals surface area (Å²) in [5.41, 5.74) is 6.64. The Balaban J connectivity index is 0.00000189. The lowest BCUT2D eigenvalue weighted by molar-refractivity contribution is -0.118. The van der Waals surface area contributed by atoms with Gasteiger partial charge >= 0.3 is 0 Å². The number of carbonyl (C=O) groups excluding carboxylic acids is 2. The topological polar surface area (TPSA) is 108 Å². The molecule has 0 unspecified atom stereocenters. The van der Waals surface area contributed by atoms with Crippen LogP contribution in [0.5, 0.6) is 0 Å². The van der Waals surface area contributed by atoms with Crippen LogP contribution in [0.3, 0.4) is 0 Å². The quantitative estimate of drug-likeness (QED) is 0.169. The summed E-state index contributed by atoms with van der Waals surface area (Å²) in [5.74, 6) is 1.36. The van der Waals surface area contributed by atoms with E-state index in [4.69, 9.17) is 9.78 Å². The van der Waals surface area contributed by atoms with Gasteiger partial charge in [0.05, 0.1) is 5.41 Å². The first-order valence-corrected chi connectivity index (χ1v) is 13.8. The van der Waals surface area contributed by atoms with Crippen LogP contribution in [0.4, 0.5) is 23.1 Å². The molecule has 4 aromatic rings. The average molecular weight is 551 g/mol. The molecular weight excluding hydrogens is 512 g/mol. The zero-order chi connectivity index (χ0) is 29.2. The van der Waals surface area contributed by atoms with Crippen molar-refractivity contribution in [2.45, 2.75) is 38.5 Å². The van der Waals surface area contributed by atoms with Crippen LogP contribution in [0.15, 0.2) is 79.0 Å². The lowest BCUT2D eigenvalue weighted by Crippen LogP contribution is -2.27. The van der Waals surface area contributed by atoms with Crippen molar-refractivity contribution < 1.29 is 9.59 Å². The van der Waals surface area contributed by atoms with Gasteiger partial charge in [0.1, 0.15) is 12.6 Å². The van der Waals surface area contributed by atoms with Crippen LogP contribution in [-0.2, 0) is 15.0 Å². The fourth-order valence-corrected chi connectivity index (χ4v) is 4.81. The van der Waals surface area contributed by atoms with Crippen molar-refractivity contribution in [3.8, 4) is 11.1 Å². The first-order valence-electron chi connectivity index (χ1n) is 13.8. The van der Waals surface area contributed by atoms with Crippen LogP contribution in [0.25, 0.3) is 11.1 Å². The van der Waals surface area contributed by atoms with Crippen LogP contribution in [0.1, 0.15) is 36.0 Å². The molecule has 0 aliphatic heterocycles. The molecule has 0 radical (unpaired) electrons. The molecule has 1 saturated carbocycles. The van der Waals surface area contributed by atoms with Gasteiger partial charge in [-0.25, -0.2) is 4.98 Å². The van der Waals surface area contributed by atoms with Crippen molar-refractivity contribution in [2.24, 2.45) is 0 Å². The molecule has 5 rings (SSSR count). The maximum absolute atomic E-state index is 13.2. The lowest BCUT2D eigenvalue weighted by Gasteiger charge is -2.17. The highest BCUT2D eigenvalue weighted by molar-refractivity contribution is 6.01. The number of aromatic nitrogens is 2. The second kappa shape index (κ2) is 13.7. The van der Waals surface area contributed by atoms with E-state index in [1.807, 2.05) is 62.5 Å². The molecule has 4 N–H and O–H groups in total. The van der Waals surface area contributed by atoms with Gasteiger partial charge in [0.15, 0.2) is 0 Å². The zero-order valence-corrected chi connectivity index (χ0v) is 24.0. The van der Waals surface area contributed by atoms with E-state index in [1.165, 1.54) is 11.1 Å². The lowest BCUT2D eigenvalue weighted by atomic mass is 9.93. The Kier molecular flexibility index (Phi) is 9.81. The summed E-state index contributed by atoms with van der Waals surface area (Å²) in [6, 6.07) is 24.3. The van der Waals surface area contributed by atoms with Crippen molar-refractivity contribution in [1.82, 2.24) is 15.3 Å². The van der Waals surface area contributed by atoms with Crippen LogP contribution >= 0.6 is 0 Å². The molecule has 8 heteroatoms. The van der Waals surface area contributed by atoms with Crippen LogP contribution in [0, 0.1) is 13.8 Å². The normalized spacial score (nSPS) is 13.0. The summed E-state index contributed by atoms with van der Waals surface area (Å²) >= 11 is 0. The fraction of sp³-hybridized carbons (Fsp3) is 0.273. The minimum atomic E-state index is -0.414. The van der Waals surface area contributed by atoms with Gasteiger partial charge in [0, 0.05) is 29.7 Å². The Morgan fingerprint density at radius 3 is 2.27 bits per heavy atom. The predicted molar refractivity (Wildman–Crippen MR) is 167 cm³/mol. The number of rotatable bonds is 11. The molecule has 1 aliphatic rings. The number of nitrogens with zero attached hydrogens (tertiary/aromatic N) is 2. The predicted octanol–water partition coefficient (Wildman–Crippen LogP) is 6.01. The number of carbonyl (C=O) groups is 2. The van der Waals surface area contributed by atoms with Gasteiger partial charge < -0.3 is 26.1 Å². The van der Waals surface area contributed by atoms with Crippen molar-refractivity contribution in [1.29, 1.82) is 0 Å². The number of amides is 1. The number of anilines is 4. The molecule has 0 spiro atoms. The molecule has 3 aromatic carbocycles. The average Bonchev–Trinajstić information content (AvgIpc) is 3.80. The Bertz CT molecular complexity index is 1470. The van der Waals surface area contributed by atoms with Crippen LogP contribution in [-0.4, -0.2) is 42.8 Å². The van der Waals surface area contributed by atoms with Gasteiger partial charge in [-0.05, 0) is 87.7 Å². The molecule has 212 valence electrons. The van der Waals surface area contributed by atoms with E-state index < -0.39 is 5.41 Å². The summed E-state index contributed by atoms with van der Waals surface area (Å²) in [5, 5.41) is 13.1. The smallest absolute Gasteiger partial charge is 0.235 e. The van der Waals surface area contributed by atoms with E-state index in [1.54, 1.807) is 0 Å². The van der Waals surface area contributed by atoms with E-state index in [-0.39, 0.29) is 5.91 Å². The molecule has 1 amide bonds. The maximum Gasteiger partial charge on any atom is 0.235 e. The third-order valence-electron chi connectivity index (χ3n) is 7.17. The van der Waals surface area contributed by atoms with Gasteiger partial charge in [-0.2, -0.15) is 4.98 Å². The van der Waals surface area contributed by atoms with Gasteiger partial charge in [0.25, 0.3) is 0 Å². The molecule has 1 aromatic heterocycles. The van der Waals surface area contributed by atoms with Crippen molar-refractivity contribution in [2.75, 3.05) is 36.1 Å². The Labute approximate surface area is 242 Å². The van der Waals surface area contributed by atoms with Crippen molar-refractivity contribution in [3.05, 3.63) is 95.7 Å². The molecule has 41 heavy (non-hydrogen) atoms. The zero-order valence-electron chi connectivity index (χ0n) is 24.0. The second-order valence-electron chi connectivity index (χ2n) is 10.3. The van der Waals surface area contributed by atoms with E-state index >= 15 is 0 Å². The Hall–Kier alpha value is -4.56. The van der Waals surface area contributed by atoms with E-state index in [9.17, 15) is 4.79 Å². The van der Waals surface area contributed by atoms with Gasteiger partial charge in [-0.15, -0.1) is 0 Å². The number of aryl methyl sites for hydroxylation is 2. The number of hydrogen-bond donors (Lipinski definition) is 4. The Morgan fingerprint density at radius 2 is 1.61 bits per heavy atom. The highest BCUT2D eigenvalue weighted by atomic mass is 16.2. The fourth-order valence-electron chi connectivity index (χ4n) is 4.81. The van der Waals surface area contributed by atoms with E-state index in [2.05, 4.69) is 70.4 Å². The van der Waals surface area contributed by atoms with E-state index in [0.29, 0.717) is 5.95 Å². The number of benzene rings is 3. The first-order chi connectivity index (χ1) is 20.0. The first kappa shape index (κ1) is 29.4. The van der Waals surface area contributed by atoms with Crippen LogP contribution in [0.2, 0.25) is 0 Å². The second-order valence-corrected chi connectivity index (χ2v) is 10.3. The SMILES string of the molecule is C=O.CNCCCNc1nc(Nc2cccc(C)c2)ncc1-c1ccc(NC(=O)C2(c3cccc(C)c3)CC2)cc1. The molecule has 0 saturated heterocycles. The third-order valence-corrected chi connectivity index (χ3v) is 7.17. The van der Waals surface area contributed by atoms with Crippen molar-refractivity contribution in [3.63, 3.8) is 0 Å². The molecule has 0 bridgehead atoms.